The lowest BCUT2D eigenvalue weighted by atomic mass is 10.2. The quantitative estimate of drug-likeness (QED) is 0.808. The van der Waals surface area contributed by atoms with E-state index in [9.17, 15) is 9.59 Å². The molecule has 1 aromatic heterocycles. The van der Waals surface area contributed by atoms with Crippen LogP contribution < -0.4 is 10.9 Å². The van der Waals surface area contributed by atoms with Gasteiger partial charge in [0.25, 0.3) is 11.8 Å². The molecule has 0 spiro atoms. The van der Waals surface area contributed by atoms with Gasteiger partial charge >= 0.3 is 0 Å². The first-order chi connectivity index (χ1) is 9.18. The zero-order valence-corrected chi connectivity index (χ0v) is 10.4. The van der Waals surface area contributed by atoms with E-state index in [4.69, 9.17) is 11.6 Å². The predicted octanol–water partition coefficient (Wildman–Crippen LogP) is 1.20. The van der Waals surface area contributed by atoms with E-state index >= 15 is 0 Å². The van der Waals surface area contributed by atoms with Gasteiger partial charge in [0.1, 0.15) is 5.69 Å². The van der Waals surface area contributed by atoms with Crippen LogP contribution in [-0.4, -0.2) is 21.8 Å². The summed E-state index contributed by atoms with van der Waals surface area (Å²) in [5.74, 6) is -1.07. The van der Waals surface area contributed by atoms with E-state index < -0.39 is 11.8 Å². The fourth-order valence-corrected chi connectivity index (χ4v) is 1.53. The van der Waals surface area contributed by atoms with Crippen molar-refractivity contribution in [1.29, 1.82) is 0 Å². The summed E-state index contributed by atoms with van der Waals surface area (Å²) in [6, 6.07) is 6.51. The number of benzene rings is 1. The van der Waals surface area contributed by atoms with Crippen molar-refractivity contribution in [3.8, 4) is 0 Å². The number of nitrogens with one attached hydrogen (secondary N) is 2. The van der Waals surface area contributed by atoms with Gasteiger partial charge < -0.3 is 0 Å². The Morgan fingerprint density at radius 2 is 1.79 bits per heavy atom. The third-order valence-electron chi connectivity index (χ3n) is 2.20. The van der Waals surface area contributed by atoms with E-state index in [0.29, 0.717) is 5.02 Å². The predicted molar refractivity (Wildman–Crippen MR) is 68.4 cm³/mol. The Balaban J connectivity index is 1.98. The number of rotatable bonds is 2. The summed E-state index contributed by atoms with van der Waals surface area (Å²) in [5.41, 5.74) is 4.84. The van der Waals surface area contributed by atoms with E-state index in [1.807, 2.05) is 0 Å². The van der Waals surface area contributed by atoms with Gasteiger partial charge in [0.15, 0.2) is 0 Å². The van der Waals surface area contributed by atoms with Crippen LogP contribution >= 0.6 is 11.6 Å². The Hall–Kier alpha value is -2.47. The second kappa shape index (κ2) is 5.92. The lowest BCUT2D eigenvalue weighted by Crippen LogP contribution is -2.42. The zero-order valence-electron chi connectivity index (χ0n) is 9.63. The molecule has 2 rings (SSSR count). The van der Waals surface area contributed by atoms with Gasteiger partial charge in [-0.1, -0.05) is 23.7 Å². The summed E-state index contributed by atoms with van der Waals surface area (Å²) >= 11 is 5.86. The minimum absolute atomic E-state index is 0.0990. The molecular formula is C12H9ClN4O2. The van der Waals surface area contributed by atoms with Gasteiger partial charge in [0.2, 0.25) is 0 Å². The number of hydrogen-bond donors (Lipinski definition) is 2. The van der Waals surface area contributed by atoms with Gasteiger partial charge in [-0.25, -0.2) is 4.98 Å². The highest BCUT2D eigenvalue weighted by molar-refractivity contribution is 6.33. The van der Waals surface area contributed by atoms with Crippen LogP contribution in [0.25, 0.3) is 0 Å². The summed E-state index contributed by atoms with van der Waals surface area (Å²) in [4.78, 5) is 30.9. The molecule has 0 atom stereocenters. The molecule has 0 fully saturated rings. The van der Waals surface area contributed by atoms with Gasteiger partial charge in [-0.05, 0) is 12.1 Å². The SMILES string of the molecule is O=C(NNC(=O)c1ccccc1Cl)c1cnccn1. The zero-order chi connectivity index (χ0) is 13.7. The number of nitrogens with zero attached hydrogens (tertiary/aromatic N) is 2. The molecule has 2 aromatic rings. The van der Waals surface area contributed by atoms with Crippen molar-refractivity contribution in [1.82, 2.24) is 20.8 Å². The number of hydrogen-bond acceptors (Lipinski definition) is 4. The Labute approximate surface area is 113 Å². The monoisotopic (exact) mass is 276 g/mol. The smallest absolute Gasteiger partial charge is 0.267 e. The molecule has 19 heavy (non-hydrogen) atoms. The first kappa shape index (κ1) is 13.0. The molecule has 1 aromatic carbocycles. The summed E-state index contributed by atoms with van der Waals surface area (Å²) in [7, 11) is 0. The van der Waals surface area contributed by atoms with Crippen LogP contribution in [-0.2, 0) is 0 Å². The van der Waals surface area contributed by atoms with E-state index in [0.717, 1.165) is 0 Å². The highest BCUT2D eigenvalue weighted by Gasteiger charge is 2.11. The molecule has 6 nitrogen and oxygen atoms in total. The van der Waals surface area contributed by atoms with Crippen LogP contribution in [0.15, 0.2) is 42.9 Å². The lowest BCUT2D eigenvalue weighted by molar-refractivity contribution is 0.0844. The molecule has 0 saturated heterocycles. The van der Waals surface area contributed by atoms with E-state index in [1.54, 1.807) is 24.3 Å². The minimum Gasteiger partial charge on any atom is -0.267 e. The first-order valence-corrected chi connectivity index (χ1v) is 5.67. The normalized spacial score (nSPS) is 9.74. The number of carbonyl (C=O) groups excluding carboxylic acids is 2. The number of amides is 2. The molecular weight excluding hydrogens is 268 g/mol. The lowest BCUT2D eigenvalue weighted by Gasteiger charge is -2.07. The van der Waals surface area contributed by atoms with Crippen LogP contribution in [0.3, 0.4) is 0 Å². The largest absolute Gasteiger partial charge is 0.289 e. The van der Waals surface area contributed by atoms with Crippen LogP contribution in [0.2, 0.25) is 5.02 Å². The second-order valence-corrected chi connectivity index (χ2v) is 3.89. The Morgan fingerprint density at radius 1 is 1.05 bits per heavy atom. The Bertz CT molecular complexity index is 604. The molecule has 0 radical (unpaired) electrons. The van der Waals surface area contributed by atoms with E-state index in [-0.39, 0.29) is 11.3 Å². The highest BCUT2D eigenvalue weighted by Crippen LogP contribution is 2.13. The molecule has 96 valence electrons. The fraction of sp³-hybridized carbons (Fsp3) is 0. The van der Waals surface area contributed by atoms with Crippen molar-refractivity contribution in [2.75, 3.05) is 0 Å². The third-order valence-corrected chi connectivity index (χ3v) is 2.53. The summed E-state index contributed by atoms with van der Waals surface area (Å²) in [6.45, 7) is 0. The van der Waals surface area contributed by atoms with Crippen molar-refractivity contribution in [3.63, 3.8) is 0 Å². The molecule has 0 aliphatic heterocycles. The first-order valence-electron chi connectivity index (χ1n) is 5.29. The molecule has 0 bridgehead atoms. The van der Waals surface area contributed by atoms with Crippen molar-refractivity contribution in [3.05, 3.63) is 59.1 Å². The van der Waals surface area contributed by atoms with Gasteiger partial charge in [0.05, 0.1) is 16.8 Å². The number of halogens is 1. The maximum Gasteiger partial charge on any atom is 0.289 e. The van der Waals surface area contributed by atoms with Crippen LogP contribution in [0.5, 0.6) is 0 Å². The van der Waals surface area contributed by atoms with Crippen molar-refractivity contribution in [2.24, 2.45) is 0 Å². The van der Waals surface area contributed by atoms with Crippen molar-refractivity contribution in [2.45, 2.75) is 0 Å². The van der Waals surface area contributed by atoms with Gasteiger partial charge in [-0.15, -0.1) is 0 Å². The fourth-order valence-electron chi connectivity index (χ4n) is 1.31. The van der Waals surface area contributed by atoms with Gasteiger partial charge in [-0.2, -0.15) is 0 Å². The van der Waals surface area contributed by atoms with Crippen molar-refractivity contribution < 1.29 is 9.59 Å². The maximum absolute atomic E-state index is 11.8. The third kappa shape index (κ3) is 3.26. The molecule has 2 N–H and O–H groups in total. The topological polar surface area (TPSA) is 84.0 Å². The Kier molecular flexibility index (Phi) is 4.04. The maximum atomic E-state index is 11.8. The standard InChI is InChI=1S/C12H9ClN4O2/c13-9-4-2-1-3-8(9)11(18)16-17-12(19)10-7-14-5-6-15-10/h1-7H,(H,16,18)(H,17,19). The van der Waals surface area contributed by atoms with Crippen LogP contribution in [0, 0.1) is 0 Å². The molecule has 0 aliphatic carbocycles. The van der Waals surface area contributed by atoms with Crippen LogP contribution in [0.1, 0.15) is 20.8 Å². The van der Waals surface area contributed by atoms with Gasteiger partial charge in [0, 0.05) is 12.4 Å². The molecule has 7 heteroatoms. The molecule has 0 aliphatic rings. The average Bonchev–Trinajstić information content (AvgIpc) is 2.46. The summed E-state index contributed by atoms with van der Waals surface area (Å²) < 4.78 is 0. The highest BCUT2D eigenvalue weighted by atomic mass is 35.5. The number of carbonyl (C=O) groups is 2. The molecule has 0 unspecified atom stereocenters. The molecule has 1 heterocycles. The van der Waals surface area contributed by atoms with E-state index in [1.165, 1.54) is 18.6 Å². The minimum atomic E-state index is -0.562. The van der Waals surface area contributed by atoms with E-state index in [2.05, 4.69) is 20.8 Å². The molecule has 0 saturated carbocycles. The number of aromatic nitrogens is 2. The van der Waals surface area contributed by atoms with Gasteiger partial charge in [-0.3, -0.25) is 25.4 Å². The summed E-state index contributed by atoms with van der Waals surface area (Å²) in [5, 5.41) is 0.300. The van der Waals surface area contributed by atoms with Crippen LogP contribution in [0.4, 0.5) is 0 Å². The Morgan fingerprint density at radius 3 is 2.47 bits per heavy atom. The average molecular weight is 277 g/mol. The summed E-state index contributed by atoms with van der Waals surface area (Å²) in [6.07, 6.45) is 4.11. The van der Waals surface area contributed by atoms with Crippen molar-refractivity contribution >= 4 is 23.4 Å². The number of hydrazine groups is 1. The molecule has 2 amide bonds. The second-order valence-electron chi connectivity index (χ2n) is 3.48.